The van der Waals surface area contributed by atoms with Gasteiger partial charge in [-0.05, 0) is 65.8 Å². The van der Waals surface area contributed by atoms with Crippen LogP contribution in [0.1, 0.15) is 39.5 Å². The Hall–Kier alpha value is -3.03. The summed E-state index contributed by atoms with van der Waals surface area (Å²) in [7, 11) is 0. The maximum Gasteiger partial charge on any atom is 0.119 e. The summed E-state index contributed by atoms with van der Waals surface area (Å²) in [5.74, 6) is 0.927. The Bertz CT molecular complexity index is 1180. The van der Waals surface area contributed by atoms with E-state index in [4.69, 9.17) is 16.3 Å². The second-order valence-corrected chi connectivity index (χ2v) is 8.93. The fourth-order valence-electron chi connectivity index (χ4n) is 4.29. The number of ether oxygens (including phenoxy) is 1. The van der Waals surface area contributed by atoms with Crippen molar-refractivity contribution in [3.05, 3.63) is 102 Å². The van der Waals surface area contributed by atoms with Gasteiger partial charge in [0, 0.05) is 10.6 Å². The van der Waals surface area contributed by atoms with Gasteiger partial charge in [-0.1, -0.05) is 110 Å². The summed E-state index contributed by atoms with van der Waals surface area (Å²) >= 11 is 6.56. The molecular weight excluding hydrogens is 424 g/mol. The molecule has 4 aromatic rings. The fraction of sp³-hybridized carbons (Fsp3) is 0.226. The highest BCUT2D eigenvalue weighted by Gasteiger charge is 2.14. The lowest BCUT2D eigenvalue weighted by Gasteiger charge is -2.17. The van der Waals surface area contributed by atoms with Gasteiger partial charge in [0.05, 0.1) is 6.10 Å². The summed E-state index contributed by atoms with van der Waals surface area (Å²) in [6, 6.07) is 33.5. The van der Waals surface area contributed by atoms with Crippen molar-refractivity contribution >= 4 is 11.6 Å². The quantitative estimate of drug-likeness (QED) is 0.228. The monoisotopic (exact) mass is 454 g/mol. The zero-order valence-electron chi connectivity index (χ0n) is 19.4. The van der Waals surface area contributed by atoms with E-state index in [9.17, 15) is 0 Å². The van der Waals surface area contributed by atoms with Gasteiger partial charge in [-0.2, -0.15) is 0 Å². The van der Waals surface area contributed by atoms with Crippen LogP contribution in [0.3, 0.4) is 0 Å². The van der Waals surface area contributed by atoms with Crippen molar-refractivity contribution in [1.82, 2.24) is 0 Å². The number of halogens is 1. The van der Waals surface area contributed by atoms with Crippen molar-refractivity contribution in [3.63, 3.8) is 0 Å². The Morgan fingerprint density at radius 2 is 1.15 bits per heavy atom. The molecule has 0 fully saturated rings. The molecule has 0 aliphatic carbocycles. The van der Waals surface area contributed by atoms with E-state index in [1.54, 1.807) is 0 Å². The zero-order chi connectivity index (χ0) is 23.0. The normalized spacial score (nSPS) is 11.8. The van der Waals surface area contributed by atoms with Gasteiger partial charge in [-0.3, -0.25) is 0 Å². The van der Waals surface area contributed by atoms with Crippen molar-refractivity contribution in [2.75, 3.05) is 0 Å². The third kappa shape index (κ3) is 5.67. The van der Waals surface area contributed by atoms with Crippen molar-refractivity contribution in [2.45, 2.75) is 45.6 Å². The molecule has 4 rings (SSSR count). The van der Waals surface area contributed by atoms with Crippen molar-refractivity contribution in [1.29, 1.82) is 0 Å². The Morgan fingerprint density at radius 1 is 0.636 bits per heavy atom. The summed E-state index contributed by atoms with van der Waals surface area (Å²) in [6.07, 6.45) is 5.04. The summed E-state index contributed by atoms with van der Waals surface area (Å²) in [5.41, 5.74) is 6.91. The summed E-state index contributed by atoms with van der Waals surface area (Å²) in [4.78, 5) is 0. The Labute approximate surface area is 203 Å². The van der Waals surface area contributed by atoms with Crippen LogP contribution in [0.15, 0.2) is 97.1 Å². The van der Waals surface area contributed by atoms with Crippen LogP contribution < -0.4 is 4.74 Å². The minimum Gasteiger partial charge on any atom is -0.491 e. The van der Waals surface area contributed by atoms with Gasteiger partial charge in [0.2, 0.25) is 0 Å². The van der Waals surface area contributed by atoms with Crippen LogP contribution in [-0.2, 0) is 0 Å². The lowest BCUT2D eigenvalue weighted by Crippen LogP contribution is -2.11. The van der Waals surface area contributed by atoms with E-state index < -0.39 is 0 Å². The summed E-state index contributed by atoms with van der Waals surface area (Å²) in [6.45, 7) is 4.39. The smallest absolute Gasteiger partial charge is 0.119 e. The van der Waals surface area contributed by atoms with Gasteiger partial charge in [-0.15, -0.1) is 0 Å². The van der Waals surface area contributed by atoms with Crippen molar-refractivity contribution < 1.29 is 4.74 Å². The van der Waals surface area contributed by atoms with E-state index in [-0.39, 0.29) is 6.10 Å². The minimum absolute atomic E-state index is 0.234. The number of unbranched alkanes of at least 4 members (excludes halogenated alkanes) is 2. The molecule has 0 saturated carbocycles. The van der Waals surface area contributed by atoms with Crippen LogP contribution in [0.25, 0.3) is 33.4 Å². The first-order valence-corrected chi connectivity index (χ1v) is 12.3. The molecule has 2 heteroatoms. The second-order valence-electron chi connectivity index (χ2n) is 8.52. The van der Waals surface area contributed by atoms with Gasteiger partial charge in [0.25, 0.3) is 0 Å². The molecular formula is C31H31ClO. The van der Waals surface area contributed by atoms with E-state index in [0.717, 1.165) is 28.3 Å². The molecule has 0 radical (unpaired) electrons. The molecule has 0 saturated heterocycles. The third-order valence-electron chi connectivity index (χ3n) is 6.03. The largest absolute Gasteiger partial charge is 0.491 e. The average Bonchev–Trinajstić information content (AvgIpc) is 2.85. The fourth-order valence-corrected chi connectivity index (χ4v) is 4.53. The predicted octanol–water partition coefficient (Wildman–Crippen LogP) is 9.69. The van der Waals surface area contributed by atoms with Gasteiger partial charge in [0.1, 0.15) is 5.75 Å². The number of hydrogen-bond donors (Lipinski definition) is 0. The highest BCUT2D eigenvalue weighted by Crippen LogP contribution is 2.40. The van der Waals surface area contributed by atoms with Gasteiger partial charge >= 0.3 is 0 Å². The molecule has 1 nitrogen and oxygen atoms in total. The maximum atomic E-state index is 6.56. The van der Waals surface area contributed by atoms with Crippen LogP contribution in [0.4, 0.5) is 0 Å². The Balaban J connectivity index is 1.64. The second kappa shape index (κ2) is 11.2. The van der Waals surface area contributed by atoms with E-state index in [0.29, 0.717) is 0 Å². The molecule has 0 aliphatic rings. The molecule has 4 aromatic carbocycles. The predicted molar refractivity (Wildman–Crippen MR) is 142 cm³/mol. The molecule has 0 spiro atoms. The van der Waals surface area contributed by atoms with E-state index in [1.807, 2.05) is 18.2 Å². The van der Waals surface area contributed by atoms with Crippen molar-refractivity contribution in [2.24, 2.45) is 0 Å². The Kier molecular flexibility index (Phi) is 7.86. The van der Waals surface area contributed by atoms with E-state index in [2.05, 4.69) is 92.7 Å². The molecule has 168 valence electrons. The molecule has 0 aliphatic heterocycles. The van der Waals surface area contributed by atoms with Crippen LogP contribution in [0.5, 0.6) is 5.75 Å². The third-order valence-corrected chi connectivity index (χ3v) is 6.35. The summed E-state index contributed by atoms with van der Waals surface area (Å²) < 4.78 is 6.14. The standard InChI is InChI=1S/C31H31ClO/c1-3-4-5-12-23(2)33-25-21-19-24(20-22-25)26-13-6-7-14-27(26)28-15-8-9-16-29(28)30-17-10-11-18-31(30)32/h6-11,13-23H,3-5,12H2,1-2H3. The maximum absolute atomic E-state index is 6.56. The van der Waals surface area contributed by atoms with Gasteiger partial charge in [0.15, 0.2) is 0 Å². The first kappa shape index (κ1) is 23.1. The first-order valence-electron chi connectivity index (χ1n) is 11.9. The van der Waals surface area contributed by atoms with Crippen LogP contribution >= 0.6 is 11.6 Å². The zero-order valence-corrected chi connectivity index (χ0v) is 20.2. The highest BCUT2D eigenvalue weighted by atomic mass is 35.5. The number of benzene rings is 4. The van der Waals surface area contributed by atoms with Gasteiger partial charge in [-0.25, -0.2) is 0 Å². The van der Waals surface area contributed by atoms with Crippen molar-refractivity contribution in [3.8, 4) is 39.1 Å². The molecule has 0 heterocycles. The molecule has 0 bridgehead atoms. The topological polar surface area (TPSA) is 9.23 Å². The van der Waals surface area contributed by atoms with Crippen LogP contribution in [-0.4, -0.2) is 6.10 Å². The number of rotatable bonds is 9. The van der Waals surface area contributed by atoms with Crippen LogP contribution in [0.2, 0.25) is 5.02 Å². The summed E-state index contributed by atoms with van der Waals surface area (Å²) in [5, 5.41) is 0.761. The average molecular weight is 455 g/mol. The molecule has 33 heavy (non-hydrogen) atoms. The molecule has 1 atom stereocenters. The van der Waals surface area contributed by atoms with E-state index in [1.165, 1.54) is 41.5 Å². The molecule has 0 amide bonds. The minimum atomic E-state index is 0.234. The molecule has 1 unspecified atom stereocenters. The van der Waals surface area contributed by atoms with Gasteiger partial charge < -0.3 is 4.74 Å². The Morgan fingerprint density at radius 3 is 1.76 bits per heavy atom. The van der Waals surface area contributed by atoms with Crippen LogP contribution in [0, 0.1) is 0 Å². The lowest BCUT2D eigenvalue weighted by molar-refractivity contribution is 0.206. The first-order chi connectivity index (χ1) is 16.2. The highest BCUT2D eigenvalue weighted by molar-refractivity contribution is 6.33. The SMILES string of the molecule is CCCCCC(C)Oc1ccc(-c2ccccc2-c2ccccc2-c2ccccc2Cl)cc1. The lowest BCUT2D eigenvalue weighted by atomic mass is 9.89. The molecule has 0 aromatic heterocycles. The molecule has 0 N–H and O–H groups in total. The number of hydrogen-bond acceptors (Lipinski definition) is 1. The van der Waals surface area contributed by atoms with E-state index >= 15 is 0 Å².